The molecule has 0 spiro atoms. The fourth-order valence-electron chi connectivity index (χ4n) is 2.75. The van der Waals surface area contributed by atoms with Crippen molar-refractivity contribution in [3.05, 3.63) is 0 Å². The van der Waals surface area contributed by atoms with Crippen LogP contribution >= 0.6 is 0 Å². The van der Waals surface area contributed by atoms with Crippen molar-refractivity contribution in [2.75, 3.05) is 0 Å². The highest BCUT2D eigenvalue weighted by Gasteiger charge is 2.34. The lowest BCUT2D eigenvalue weighted by Gasteiger charge is -2.29. The maximum atomic E-state index is 12.9. The molecule has 12 nitrogen and oxygen atoms in total. The van der Waals surface area contributed by atoms with Gasteiger partial charge in [-0.05, 0) is 25.2 Å². The second-order valence-corrected chi connectivity index (χ2v) is 8.27. The standard InChI is InChI=1S/C20H37N5O7/c1-6-10(4)16(25-17(28)14(22)11(5)26)19(30)24-15(9(2)3)18(29)23-12(20(31)32)7-8-13(21)27/h9-12,14-16,26H,6-8,22H2,1-5H3,(H2,21,27)(H,23,29)(H,24,30)(H,25,28)(H,31,32). The van der Waals surface area contributed by atoms with Crippen LogP contribution in [-0.2, 0) is 24.0 Å². The van der Waals surface area contributed by atoms with Gasteiger partial charge in [0.05, 0.1) is 6.10 Å². The van der Waals surface area contributed by atoms with Crippen LogP contribution in [-0.4, -0.2) is 70.1 Å². The maximum absolute atomic E-state index is 12.9. The molecule has 184 valence electrons. The molecule has 6 unspecified atom stereocenters. The summed E-state index contributed by atoms with van der Waals surface area (Å²) >= 11 is 0. The largest absolute Gasteiger partial charge is 0.480 e. The Balaban J connectivity index is 5.48. The zero-order chi connectivity index (χ0) is 25.2. The Morgan fingerprint density at radius 2 is 1.38 bits per heavy atom. The summed E-state index contributed by atoms with van der Waals surface area (Å²) in [5, 5.41) is 26.2. The Morgan fingerprint density at radius 1 is 0.875 bits per heavy atom. The van der Waals surface area contributed by atoms with Gasteiger partial charge in [-0.3, -0.25) is 19.2 Å². The van der Waals surface area contributed by atoms with Gasteiger partial charge in [0, 0.05) is 6.42 Å². The molecular formula is C20H37N5O7. The average Bonchev–Trinajstić information content (AvgIpc) is 2.70. The maximum Gasteiger partial charge on any atom is 0.326 e. The molecule has 0 aromatic rings. The van der Waals surface area contributed by atoms with E-state index in [0.29, 0.717) is 6.42 Å². The summed E-state index contributed by atoms with van der Waals surface area (Å²) < 4.78 is 0. The Bertz CT molecular complexity index is 683. The third kappa shape index (κ3) is 9.60. The molecule has 0 aliphatic heterocycles. The zero-order valence-electron chi connectivity index (χ0n) is 19.3. The van der Waals surface area contributed by atoms with E-state index in [1.807, 2.05) is 6.92 Å². The van der Waals surface area contributed by atoms with E-state index in [-0.39, 0.29) is 18.8 Å². The number of amides is 4. The molecule has 0 heterocycles. The van der Waals surface area contributed by atoms with E-state index < -0.39 is 65.8 Å². The topological polar surface area (TPSA) is 214 Å². The summed E-state index contributed by atoms with van der Waals surface area (Å²) in [7, 11) is 0. The lowest BCUT2D eigenvalue weighted by atomic mass is 9.95. The summed E-state index contributed by atoms with van der Waals surface area (Å²) in [5.74, 6) is -4.91. The Kier molecular flexibility index (Phi) is 12.5. The van der Waals surface area contributed by atoms with E-state index in [9.17, 15) is 34.2 Å². The third-order valence-corrected chi connectivity index (χ3v) is 5.16. The first-order valence-electron chi connectivity index (χ1n) is 10.6. The van der Waals surface area contributed by atoms with Crippen LogP contribution in [0.1, 0.15) is 53.9 Å². The molecule has 0 rings (SSSR count). The molecule has 0 saturated heterocycles. The number of primary amides is 1. The van der Waals surface area contributed by atoms with Crippen molar-refractivity contribution in [3.63, 3.8) is 0 Å². The normalized spacial score (nSPS) is 16.8. The predicted molar refractivity (Wildman–Crippen MR) is 116 cm³/mol. The van der Waals surface area contributed by atoms with Crippen LogP contribution in [0.5, 0.6) is 0 Å². The molecule has 0 aliphatic carbocycles. The first-order valence-corrected chi connectivity index (χ1v) is 10.6. The summed E-state index contributed by atoms with van der Waals surface area (Å²) in [4.78, 5) is 60.3. The first kappa shape index (κ1) is 29.3. The van der Waals surface area contributed by atoms with Crippen molar-refractivity contribution in [2.45, 2.75) is 84.2 Å². The van der Waals surface area contributed by atoms with Crippen LogP contribution in [0.2, 0.25) is 0 Å². The third-order valence-electron chi connectivity index (χ3n) is 5.16. The lowest BCUT2D eigenvalue weighted by molar-refractivity contribution is -0.143. The number of carbonyl (C=O) groups excluding carboxylic acids is 4. The lowest BCUT2D eigenvalue weighted by Crippen LogP contribution is -2.60. The number of nitrogens with two attached hydrogens (primary N) is 2. The van der Waals surface area contributed by atoms with Crippen molar-refractivity contribution < 1.29 is 34.2 Å². The molecule has 0 radical (unpaired) electrons. The number of rotatable bonds is 14. The molecule has 0 aromatic heterocycles. The molecule has 6 atom stereocenters. The van der Waals surface area contributed by atoms with E-state index in [0.717, 1.165) is 0 Å². The molecule has 0 saturated carbocycles. The average molecular weight is 460 g/mol. The van der Waals surface area contributed by atoms with E-state index in [1.165, 1.54) is 6.92 Å². The number of carbonyl (C=O) groups is 5. The van der Waals surface area contributed by atoms with Crippen LogP contribution in [0.25, 0.3) is 0 Å². The van der Waals surface area contributed by atoms with E-state index in [4.69, 9.17) is 11.5 Å². The van der Waals surface area contributed by atoms with Gasteiger partial charge in [-0.2, -0.15) is 0 Å². The zero-order valence-corrected chi connectivity index (χ0v) is 19.3. The molecule has 9 N–H and O–H groups in total. The number of carboxylic acids is 1. The van der Waals surface area contributed by atoms with Gasteiger partial charge in [0.25, 0.3) is 0 Å². The first-order chi connectivity index (χ1) is 14.7. The van der Waals surface area contributed by atoms with Gasteiger partial charge in [0.15, 0.2) is 0 Å². The summed E-state index contributed by atoms with van der Waals surface area (Å²) in [6.45, 7) is 8.20. The Hall–Kier alpha value is -2.73. The van der Waals surface area contributed by atoms with Gasteiger partial charge < -0.3 is 37.6 Å². The molecule has 4 amide bonds. The van der Waals surface area contributed by atoms with Gasteiger partial charge in [-0.15, -0.1) is 0 Å². The van der Waals surface area contributed by atoms with Gasteiger partial charge in [0.2, 0.25) is 23.6 Å². The van der Waals surface area contributed by atoms with Crippen molar-refractivity contribution in [1.29, 1.82) is 0 Å². The fourth-order valence-corrected chi connectivity index (χ4v) is 2.75. The highest BCUT2D eigenvalue weighted by atomic mass is 16.4. The summed E-state index contributed by atoms with van der Waals surface area (Å²) in [5.41, 5.74) is 10.7. The van der Waals surface area contributed by atoms with Crippen LogP contribution in [0.15, 0.2) is 0 Å². The van der Waals surface area contributed by atoms with Gasteiger partial charge in [0.1, 0.15) is 24.2 Å². The van der Waals surface area contributed by atoms with Gasteiger partial charge in [-0.25, -0.2) is 4.79 Å². The smallest absolute Gasteiger partial charge is 0.326 e. The number of carboxylic acid groups (broad SMARTS) is 1. The molecular weight excluding hydrogens is 422 g/mol. The number of aliphatic hydroxyl groups excluding tert-OH is 1. The van der Waals surface area contributed by atoms with Crippen LogP contribution in [0, 0.1) is 11.8 Å². The van der Waals surface area contributed by atoms with E-state index >= 15 is 0 Å². The summed E-state index contributed by atoms with van der Waals surface area (Å²) in [6.07, 6.45) is -1.03. The fraction of sp³-hybridized carbons (Fsp3) is 0.750. The van der Waals surface area contributed by atoms with Crippen LogP contribution in [0.4, 0.5) is 0 Å². The number of nitrogens with one attached hydrogen (secondary N) is 3. The van der Waals surface area contributed by atoms with Crippen molar-refractivity contribution in [1.82, 2.24) is 16.0 Å². The Morgan fingerprint density at radius 3 is 1.78 bits per heavy atom. The minimum absolute atomic E-state index is 0.196. The minimum Gasteiger partial charge on any atom is -0.480 e. The molecule has 0 fully saturated rings. The SMILES string of the molecule is CCC(C)C(NC(=O)C(N)C(C)O)C(=O)NC(C(=O)NC(CCC(N)=O)C(=O)O)C(C)C. The number of aliphatic hydroxyl groups is 1. The van der Waals surface area contributed by atoms with E-state index in [1.54, 1.807) is 20.8 Å². The van der Waals surface area contributed by atoms with Crippen LogP contribution < -0.4 is 27.4 Å². The second-order valence-electron chi connectivity index (χ2n) is 8.27. The van der Waals surface area contributed by atoms with Gasteiger partial charge >= 0.3 is 5.97 Å². The molecule has 0 bridgehead atoms. The quantitative estimate of drug-likeness (QED) is 0.157. The molecule has 12 heteroatoms. The second kappa shape index (κ2) is 13.6. The number of hydrogen-bond acceptors (Lipinski definition) is 7. The number of aliphatic carboxylic acids is 1. The highest BCUT2D eigenvalue weighted by Crippen LogP contribution is 2.11. The van der Waals surface area contributed by atoms with Crippen molar-refractivity contribution in [2.24, 2.45) is 23.3 Å². The number of hydrogen-bond donors (Lipinski definition) is 7. The Labute approximate surface area is 187 Å². The highest BCUT2D eigenvalue weighted by molar-refractivity contribution is 5.94. The van der Waals surface area contributed by atoms with Gasteiger partial charge in [-0.1, -0.05) is 34.1 Å². The monoisotopic (exact) mass is 459 g/mol. The van der Waals surface area contributed by atoms with Crippen molar-refractivity contribution in [3.8, 4) is 0 Å². The van der Waals surface area contributed by atoms with E-state index in [2.05, 4.69) is 16.0 Å². The molecule has 32 heavy (non-hydrogen) atoms. The summed E-state index contributed by atoms with van der Waals surface area (Å²) in [6, 6.07) is -4.73. The van der Waals surface area contributed by atoms with Crippen LogP contribution in [0.3, 0.4) is 0 Å². The predicted octanol–water partition coefficient (Wildman–Crippen LogP) is -1.80. The molecule has 0 aliphatic rings. The molecule has 0 aromatic carbocycles. The van der Waals surface area contributed by atoms with Crippen molar-refractivity contribution >= 4 is 29.6 Å². The minimum atomic E-state index is -1.36.